The van der Waals surface area contributed by atoms with E-state index in [1.807, 2.05) is 12.1 Å². The van der Waals surface area contributed by atoms with Crippen LogP contribution in [-0.2, 0) is 21.2 Å². The van der Waals surface area contributed by atoms with Gasteiger partial charge in [0.15, 0.2) is 0 Å². The van der Waals surface area contributed by atoms with Crippen molar-refractivity contribution in [3.05, 3.63) is 29.8 Å². The van der Waals surface area contributed by atoms with Crippen molar-refractivity contribution in [3.63, 3.8) is 0 Å². The molecule has 7 heteroatoms. The number of benzene rings is 1. The van der Waals surface area contributed by atoms with Crippen molar-refractivity contribution in [1.29, 1.82) is 0 Å². The lowest BCUT2D eigenvalue weighted by atomic mass is 9.85. The van der Waals surface area contributed by atoms with Gasteiger partial charge in [-0.2, -0.15) is 0 Å². The maximum absolute atomic E-state index is 12.8. The number of nitrogens with zero attached hydrogens (tertiary/aromatic N) is 2. The molecule has 146 valence electrons. The van der Waals surface area contributed by atoms with Gasteiger partial charge in [-0.05, 0) is 57.1 Å². The first kappa shape index (κ1) is 19.8. The molecule has 2 aliphatic rings. The molecule has 0 aromatic heterocycles. The smallest absolute Gasteiger partial charge is 0.240 e. The van der Waals surface area contributed by atoms with Crippen LogP contribution in [0.2, 0.25) is 0 Å². The normalized spacial score (nSPS) is 22.4. The zero-order valence-electron chi connectivity index (χ0n) is 15.9. The second kappa shape index (κ2) is 8.35. The predicted molar refractivity (Wildman–Crippen MR) is 103 cm³/mol. The minimum atomic E-state index is -3.50. The Hall–Kier alpha value is -0.990. The summed E-state index contributed by atoms with van der Waals surface area (Å²) < 4.78 is 34.0. The molecule has 0 bridgehead atoms. The monoisotopic (exact) mass is 381 g/mol. The second-order valence-electron chi connectivity index (χ2n) is 7.45. The van der Waals surface area contributed by atoms with E-state index in [0.717, 1.165) is 64.2 Å². The molecule has 1 N–H and O–H groups in total. The van der Waals surface area contributed by atoms with E-state index in [4.69, 9.17) is 4.74 Å². The first-order valence-electron chi connectivity index (χ1n) is 9.55. The zero-order valence-corrected chi connectivity index (χ0v) is 16.7. The zero-order chi connectivity index (χ0) is 18.6. The van der Waals surface area contributed by atoms with E-state index in [1.165, 1.54) is 0 Å². The highest BCUT2D eigenvalue weighted by Crippen LogP contribution is 2.29. The highest BCUT2D eigenvalue weighted by Gasteiger charge is 2.40. The fourth-order valence-electron chi connectivity index (χ4n) is 3.89. The van der Waals surface area contributed by atoms with E-state index >= 15 is 0 Å². The molecule has 0 amide bonds. The SMILES string of the molecule is CCc1ccc(S(=O)(=O)NCC2(N3CCOCC3)CCN(C)CC2)cc1. The van der Waals surface area contributed by atoms with E-state index in [2.05, 4.69) is 28.5 Å². The third-order valence-corrected chi connectivity index (χ3v) is 7.25. The molecule has 0 aliphatic carbocycles. The number of hydrogen-bond acceptors (Lipinski definition) is 5. The van der Waals surface area contributed by atoms with Crippen LogP contribution in [0.4, 0.5) is 0 Å². The Kier molecular flexibility index (Phi) is 6.35. The molecule has 26 heavy (non-hydrogen) atoms. The lowest BCUT2D eigenvalue weighted by Gasteiger charge is -2.49. The van der Waals surface area contributed by atoms with Crippen molar-refractivity contribution in [2.24, 2.45) is 0 Å². The van der Waals surface area contributed by atoms with Gasteiger partial charge in [0.25, 0.3) is 0 Å². The van der Waals surface area contributed by atoms with Gasteiger partial charge >= 0.3 is 0 Å². The maximum atomic E-state index is 12.8. The summed E-state index contributed by atoms with van der Waals surface area (Å²) in [5, 5.41) is 0. The molecular formula is C19H31N3O3S. The van der Waals surface area contributed by atoms with Crippen LogP contribution < -0.4 is 4.72 Å². The van der Waals surface area contributed by atoms with Crippen molar-refractivity contribution in [3.8, 4) is 0 Å². The van der Waals surface area contributed by atoms with Crippen molar-refractivity contribution >= 4 is 10.0 Å². The van der Waals surface area contributed by atoms with Crippen LogP contribution in [0.25, 0.3) is 0 Å². The minimum absolute atomic E-state index is 0.118. The molecular weight excluding hydrogens is 350 g/mol. The van der Waals surface area contributed by atoms with Gasteiger partial charge in [0, 0.05) is 25.2 Å². The number of piperidine rings is 1. The van der Waals surface area contributed by atoms with Crippen LogP contribution in [0.5, 0.6) is 0 Å². The average molecular weight is 382 g/mol. The van der Waals surface area contributed by atoms with Gasteiger partial charge in [-0.15, -0.1) is 0 Å². The van der Waals surface area contributed by atoms with Gasteiger partial charge in [-0.25, -0.2) is 13.1 Å². The average Bonchev–Trinajstić information content (AvgIpc) is 2.69. The van der Waals surface area contributed by atoms with E-state index in [1.54, 1.807) is 12.1 Å². The Morgan fingerprint density at radius 2 is 1.69 bits per heavy atom. The van der Waals surface area contributed by atoms with E-state index in [9.17, 15) is 8.42 Å². The Morgan fingerprint density at radius 1 is 1.08 bits per heavy atom. The second-order valence-corrected chi connectivity index (χ2v) is 9.22. The molecule has 0 atom stereocenters. The lowest BCUT2D eigenvalue weighted by molar-refractivity contribution is -0.0427. The molecule has 1 aromatic carbocycles. The predicted octanol–water partition coefficient (Wildman–Crippen LogP) is 1.32. The van der Waals surface area contributed by atoms with Crippen LogP contribution in [0.3, 0.4) is 0 Å². The quantitative estimate of drug-likeness (QED) is 0.805. The van der Waals surface area contributed by atoms with Gasteiger partial charge < -0.3 is 9.64 Å². The molecule has 0 radical (unpaired) electrons. The van der Waals surface area contributed by atoms with E-state index < -0.39 is 10.0 Å². The maximum Gasteiger partial charge on any atom is 0.240 e. The number of morpholine rings is 1. The van der Waals surface area contributed by atoms with Crippen LogP contribution in [0.1, 0.15) is 25.3 Å². The molecule has 0 saturated carbocycles. The molecule has 0 unspecified atom stereocenters. The van der Waals surface area contributed by atoms with Gasteiger partial charge in [0.2, 0.25) is 10.0 Å². The summed E-state index contributed by atoms with van der Waals surface area (Å²) in [7, 11) is -1.37. The Labute approximate surface area is 157 Å². The van der Waals surface area contributed by atoms with E-state index in [0.29, 0.717) is 11.4 Å². The molecule has 3 rings (SSSR count). The molecule has 2 saturated heterocycles. The number of ether oxygens (including phenoxy) is 1. The molecule has 2 heterocycles. The van der Waals surface area contributed by atoms with Crippen LogP contribution in [0.15, 0.2) is 29.2 Å². The highest BCUT2D eigenvalue weighted by atomic mass is 32.2. The molecule has 0 spiro atoms. The summed E-state index contributed by atoms with van der Waals surface area (Å²) in [6.07, 6.45) is 2.85. The van der Waals surface area contributed by atoms with Gasteiger partial charge in [0.1, 0.15) is 0 Å². The van der Waals surface area contributed by atoms with Crippen molar-refractivity contribution in [2.45, 2.75) is 36.6 Å². The summed E-state index contributed by atoms with van der Waals surface area (Å²) in [6.45, 7) is 7.69. The molecule has 1 aromatic rings. The van der Waals surface area contributed by atoms with E-state index in [-0.39, 0.29) is 5.54 Å². The summed E-state index contributed by atoms with van der Waals surface area (Å²) in [4.78, 5) is 5.10. The van der Waals surface area contributed by atoms with Gasteiger partial charge in [0.05, 0.1) is 18.1 Å². The molecule has 6 nitrogen and oxygen atoms in total. The molecule has 2 fully saturated rings. The Balaban J connectivity index is 1.73. The summed E-state index contributed by atoms with van der Waals surface area (Å²) in [5.41, 5.74) is 1.02. The topological polar surface area (TPSA) is 61.9 Å². The summed E-state index contributed by atoms with van der Waals surface area (Å²) in [6, 6.07) is 7.19. The third-order valence-electron chi connectivity index (χ3n) is 5.83. The van der Waals surface area contributed by atoms with Crippen molar-refractivity contribution < 1.29 is 13.2 Å². The first-order chi connectivity index (χ1) is 12.5. The first-order valence-corrected chi connectivity index (χ1v) is 11.0. The summed E-state index contributed by atoms with van der Waals surface area (Å²) >= 11 is 0. The molecule has 2 aliphatic heterocycles. The standard InChI is InChI=1S/C19H31N3O3S/c1-3-17-4-6-18(7-5-17)26(23,24)20-16-19(8-10-21(2)11-9-19)22-12-14-25-15-13-22/h4-7,20H,3,8-16H2,1-2H3. The number of likely N-dealkylation sites (tertiary alicyclic amines) is 1. The Morgan fingerprint density at radius 3 is 2.27 bits per heavy atom. The fraction of sp³-hybridized carbons (Fsp3) is 0.684. The lowest BCUT2D eigenvalue weighted by Crippen LogP contribution is -2.62. The third kappa shape index (κ3) is 4.46. The summed E-state index contributed by atoms with van der Waals surface area (Å²) in [5.74, 6) is 0. The number of hydrogen-bond donors (Lipinski definition) is 1. The van der Waals surface area contributed by atoms with Crippen molar-refractivity contribution in [1.82, 2.24) is 14.5 Å². The number of sulfonamides is 1. The van der Waals surface area contributed by atoms with Crippen LogP contribution >= 0.6 is 0 Å². The number of rotatable bonds is 6. The highest BCUT2D eigenvalue weighted by molar-refractivity contribution is 7.89. The van der Waals surface area contributed by atoms with Crippen LogP contribution in [-0.4, -0.2) is 76.7 Å². The number of aryl methyl sites for hydroxylation is 1. The largest absolute Gasteiger partial charge is 0.379 e. The van der Waals surface area contributed by atoms with Gasteiger partial charge in [-0.3, -0.25) is 4.90 Å². The van der Waals surface area contributed by atoms with Crippen LogP contribution in [0, 0.1) is 0 Å². The minimum Gasteiger partial charge on any atom is -0.379 e. The van der Waals surface area contributed by atoms with Gasteiger partial charge in [-0.1, -0.05) is 19.1 Å². The van der Waals surface area contributed by atoms with Crippen molar-refractivity contribution in [2.75, 3.05) is 53.0 Å². The fourth-order valence-corrected chi connectivity index (χ4v) is 5.01. The number of nitrogens with one attached hydrogen (secondary N) is 1. The Bertz CT molecular complexity index is 676.